The highest BCUT2D eigenvalue weighted by Crippen LogP contribution is 2.32. The average Bonchev–Trinajstić information content (AvgIpc) is 2.71. The summed E-state index contributed by atoms with van der Waals surface area (Å²) in [7, 11) is 0. The van der Waals surface area contributed by atoms with Gasteiger partial charge in [0, 0.05) is 39.8 Å². The predicted octanol–water partition coefficient (Wildman–Crippen LogP) is 1.37. The number of nitro groups is 1. The molecular formula is C21H25NO12. The summed E-state index contributed by atoms with van der Waals surface area (Å²) >= 11 is 0. The number of esters is 4. The minimum Gasteiger partial charge on any atom is -0.463 e. The summed E-state index contributed by atoms with van der Waals surface area (Å²) in [4.78, 5) is 57.2. The first-order chi connectivity index (χ1) is 15.9. The van der Waals surface area contributed by atoms with Crippen LogP contribution in [0.4, 0.5) is 5.69 Å². The number of hydrogen-bond acceptors (Lipinski definition) is 12. The van der Waals surface area contributed by atoms with Gasteiger partial charge in [-0.25, -0.2) is 0 Å². The van der Waals surface area contributed by atoms with E-state index in [1.54, 1.807) is 6.92 Å². The monoisotopic (exact) mass is 483 g/mol. The summed E-state index contributed by atoms with van der Waals surface area (Å²) in [6.07, 6.45) is -6.71. The summed E-state index contributed by atoms with van der Waals surface area (Å²) in [6, 6.07) is 3.79. The Kier molecular flexibility index (Phi) is 8.90. The molecular weight excluding hydrogens is 458 g/mol. The van der Waals surface area contributed by atoms with Gasteiger partial charge in [-0.2, -0.15) is 0 Å². The first-order valence-corrected chi connectivity index (χ1v) is 10.1. The van der Waals surface area contributed by atoms with Gasteiger partial charge in [-0.3, -0.25) is 29.3 Å². The van der Waals surface area contributed by atoms with E-state index in [0.717, 1.165) is 27.7 Å². The Morgan fingerprint density at radius 1 is 0.912 bits per heavy atom. The van der Waals surface area contributed by atoms with Crippen LogP contribution >= 0.6 is 0 Å². The van der Waals surface area contributed by atoms with Crippen LogP contribution in [0, 0.1) is 17.0 Å². The van der Waals surface area contributed by atoms with Crippen molar-refractivity contribution in [3.05, 3.63) is 33.9 Å². The van der Waals surface area contributed by atoms with E-state index in [0.29, 0.717) is 5.56 Å². The lowest BCUT2D eigenvalue weighted by atomic mass is 9.98. The number of carbonyl (C=O) groups is 4. The molecule has 0 aromatic heterocycles. The van der Waals surface area contributed by atoms with Crippen molar-refractivity contribution in [2.24, 2.45) is 0 Å². The van der Waals surface area contributed by atoms with Crippen LogP contribution in [0.5, 0.6) is 5.75 Å². The summed E-state index contributed by atoms with van der Waals surface area (Å²) in [5.74, 6) is -2.82. The third-order valence-electron chi connectivity index (χ3n) is 4.56. The molecule has 1 aliphatic heterocycles. The molecule has 1 aromatic rings. The minimum atomic E-state index is -1.43. The summed E-state index contributed by atoms with van der Waals surface area (Å²) < 4.78 is 32.6. The quantitative estimate of drug-likeness (QED) is 0.226. The van der Waals surface area contributed by atoms with E-state index in [4.69, 9.17) is 28.4 Å². The van der Waals surface area contributed by atoms with E-state index in [9.17, 15) is 29.3 Å². The number of ether oxygens (including phenoxy) is 6. The fraction of sp³-hybridized carbons (Fsp3) is 0.524. The maximum Gasteiger partial charge on any atom is 0.303 e. The van der Waals surface area contributed by atoms with E-state index in [-0.39, 0.29) is 11.4 Å². The van der Waals surface area contributed by atoms with Gasteiger partial charge >= 0.3 is 23.9 Å². The van der Waals surface area contributed by atoms with Crippen molar-refractivity contribution in [2.75, 3.05) is 6.61 Å². The lowest BCUT2D eigenvalue weighted by Gasteiger charge is -2.44. The number of hydrogen-bond donors (Lipinski definition) is 0. The van der Waals surface area contributed by atoms with E-state index in [1.165, 1.54) is 18.2 Å². The molecule has 0 unspecified atom stereocenters. The number of aryl methyl sites for hydroxylation is 1. The molecule has 0 bridgehead atoms. The van der Waals surface area contributed by atoms with Crippen LogP contribution in [-0.2, 0) is 42.9 Å². The largest absolute Gasteiger partial charge is 0.463 e. The lowest BCUT2D eigenvalue weighted by molar-refractivity contribution is -0.384. The van der Waals surface area contributed by atoms with Gasteiger partial charge in [-0.05, 0) is 18.6 Å². The molecule has 1 saturated heterocycles. The first kappa shape index (κ1) is 26.5. The van der Waals surface area contributed by atoms with Gasteiger partial charge < -0.3 is 28.4 Å². The van der Waals surface area contributed by atoms with Gasteiger partial charge in [0.2, 0.25) is 12.4 Å². The zero-order chi connectivity index (χ0) is 25.6. The number of rotatable bonds is 8. The predicted molar refractivity (Wildman–Crippen MR) is 110 cm³/mol. The molecule has 0 saturated carbocycles. The molecule has 0 aliphatic carbocycles. The Labute approximate surface area is 194 Å². The van der Waals surface area contributed by atoms with Gasteiger partial charge in [-0.15, -0.1) is 0 Å². The maximum absolute atomic E-state index is 11.8. The number of carbonyl (C=O) groups excluding carboxylic acids is 4. The first-order valence-electron chi connectivity index (χ1n) is 10.1. The third kappa shape index (κ3) is 7.13. The fourth-order valence-corrected chi connectivity index (χ4v) is 3.29. The molecule has 0 N–H and O–H groups in total. The molecule has 0 spiro atoms. The Morgan fingerprint density at radius 2 is 1.47 bits per heavy atom. The van der Waals surface area contributed by atoms with E-state index >= 15 is 0 Å². The van der Waals surface area contributed by atoms with Crippen LogP contribution in [0.15, 0.2) is 18.2 Å². The Bertz CT molecular complexity index is 961. The molecule has 5 atom stereocenters. The molecule has 186 valence electrons. The standard InChI is InChI=1S/C21H25NO12/c1-10-8-15(22(27)28)6-7-16(10)33-21-20(32-14(5)26)19(31-13(4)25)18(30-12(3)24)17(34-21)9-29-11(2)23/h6-8,17-21H,9H2,1-5H3/t17-,18-,19+,20-,21+/m1/s1. The van der Waals surface area contributed by atoms with Gasteiger partial charge in [-0.1, -0.05) is 0 Å². The molecule has 1 heterocycles. The second-order valence-electron chi connectivity index (χ2n) is 7.39. The number of nitro benzene ring substituents is 1. The smallest absolute Gasteiger partial charge is 0.303 e. The molecule has 13 heteroatoms. The minimum absolute atomic E-state index is 0.145. The molecule has 1 aliphatic rings. The van der Waals surface area contributed by atoms with E-state index in [1.807, 2.05) is 0 Å². The normalized spacial score (nSPS) is 23.9. The van der Waals surface area contributed by atoms with Crippen LogP contribution in [0.1, 0.15) is 33.3 Å². The SMILES string of the molecule is CC(=O)OC[C@H]1O[C@H](Oc2ccc([N+](=O)[O-])cc2C)[C@H](OC(C)=O)[C@@H](OC(C)=O)[C@@H]1OC(C)=O. The number of nitrogens with zero attached hydrogens (tertiary/aromatic N) is 1. The Balaban J connectivity index is 2.49. The third-order valence-corrected chi connectivity index (χ3v) is 4.56. The van der Waals surface area contributed by atoms with E-state index in [2.05, 4.69) is 0 Å². The Hall–Kier alpha value is -3.74. The lowest BCUT2D eigenvalue weighted by Crippen LogP contribution is -2.63. The van der Waals surface area contributed by atoms with Gasteiger partial charge in [0.1, 0.15) is 18.5 Å². The highest BCUT2D eigenvalue weighted by Gasteiger charge is 2.53. The van der Waals surface area contributed by atoms with Crippen molar-refractivity contribution in [1.82, 2.24) is 0 Å². The Morgan fingerprint density at radius 3 is 1.97 bits per heavy atom. The van der Waals surface area contributed by atoms with Crippen LogP contribution in [0.3, 0.4) is 0 Å². The van der Waals surface area contributed by atoms with Crippen molar-refractivity contribution >= 4 is 29.6 Å². The summed E-state index contributed by atoms with van der Waals surface area (Å²) in [5.41, 5.74) is 0.188. The van der Waals surface area contributed by atoms with Crippen molar-refractivity contribution in [3.63, 3.8) is 0 Å². The molecule has 1 aromatic carbocycles. The van der Waals surface area contributed by atoms with Crippen LogP contribution < -0.4 is 4.74 Å². The fourth-order valence-electron chi connectivity index (χ4n) is 3.29. The van der Waals surface area contributed by atoms with E-state index < -0.39 is 66.1 Å². The maximum atomic E-state index is 11.8. The molecule has 34 heavy (non-hydrogen) atoms. The summed E-state index contributed by atoms with van der Waals surface area (Å²) in [5, 5.41) is 11.0. The van der Waals surface area contributed by atoms with Crippen molar-refractivity contribution < 1.29 is 52.5 Å². The van der Waals surface area contributed by atoms with Gasteiger partial charge in [0.05, 0.1) is 4.92 Å². The van der Waals surface area contributed by atoms with Crippen LogP contribution in [0.2, 0.25) is 0 Å². The van der Waals surface area contributed by atoms with Crippen molar-refractivity contribution in [2.45, 2.75) is 65.3 Å². The second-order valence-corrected chi connectivity index (χ2v) is 7.39. The molecule has 13 nitrogen and oxygen atoms in total. The van der Waals surface area contributed by atoms with Crippen LogP contribution in [0.25, 0.3) is 0 Å². The summed E-state index contributed by atoms with van der Waals surface area (Å²) in [6.45, 7) is 5.61. The van der Waals surface area contributed by atoms with Crippen molar-refractivity contribution in [1.29, 1.82) is 0 Å². The molecule has 0 amide bonds. The number of benzene rings is 1. The van der Waals surface area contributed by atoms with Gasteiger partial charge in [0.15, 0.2) is 12.2 Å². The molecule has 1 fully saturated rings. The second kappa shape index (κ2) is 11.4. The van der Waals surface area contributed by atoms with Crippen LogP contribution in [-0.4, -0.2) is 66.1 Å². The zero-order valence-corrected chi connectivity index (χ0v) is 19.2. The van der Waals surface area contributed by atoms with Crippen molar-refractivity contribution in [3.8, 4) is 5.75 Å². The average molecular weight is 483 g/mol. The topological polar surface area (TPSA) is 167 Å². The zero-order valence-electron chi connectivity index (χ0n) is 19.2. The number of non-ortho nitro benzene ring substituents is 1. The molecule has 0 radical (unpaired) electrons. The highest BCUT2D eigenvalue weighted by molar-refractivity contribution is 5.68. The molecule has 2 rings (SSSR count). The van der Waals surface area contributed by atoms with Gasteiger partial charge in [0.25, 0.3) is 5.69 Å². The highest BCUT2D eigenvalue weighted by atomic mass is 16.7.